The van der Waals surface area contributed by atoms with Crippen molar-refractivity contribution in [1.29, 1.82) is 0 Å². The lowest BCUT2D eigenvalue weighted by Crippen LogP contribution is -1.96. The fourth-order valence-corrected chi connectivity index (χ4v) is 2.94. The lowest BCUT2D eigenvalue weighted by Gasteiger charge is -2.11. The van der Waals surface area contributed by atoms with Crippen LogP contribution in [0.25, 0.3) is 33.1 Å². The van der Waals surface area contributed by atoms with Crippen molar-refractivity contribution in [3.63, 3.8) is 0 Å². The zero-order chi connectivity index (χ0) is 17.0. The van der Waals surface area contributed by atoms with E-state index in [-0.39, 0.29) is 16.5 Å². The first-order chi connectivity index (χ1) is 11.5. The topological polar surface area (TPSA) is 87.8 Å². The highest BCUT2D eigenvalue weighted by atomic mass is 19.1. The highest BCUT2D eigenvalue weighted by Crippen LogP contribution is 2.39. The van der Waals surface area contributed by atoms with E-state index in [1.54, 1.807) is 31.2 Å². The van der Waals surface area contributed by atoms with E-state index in [0.717, 1.165) is 6.07 Å². The van der Waals surface area contributed by atoms with Gasteiger partial charge in [0, 0.05) is 28.1 Å². The molecule has 2 heterocycles. The maximum absolute atomic E-state index is 14.6. The fourth-order valence-electron chi connectivity index (χ4n) is 2.94. The Labute approximate surface area is 134 Å². The summed E-state index contributed by atoms with van der Waals surface area (Å²) in [6.07, 6.45) is 0. The number of nitrogens with zero attached hydrogens (tertiary/aromatic N) is 2. The van der Waals surface area contributed by atoms with Crippen molar-refractivity contribution in [3.8, 4) is 17.0 Å². The molecular weight excluding hydrogens is 314 g/mol. The molecule has 0 aliphatic heterocycles. The molecule has 0 aliphatic carbocycles. The van der Waals surface area contributed by atoms with Crippen LogP contribution >= 0.6 is 0 Å². The molecule has 2 aromatic carbocycles. The van der Waals surface area contributed by atoms with Crippen LogP contribution in [-0.2, 0) is 0 Å². The average molecular weight is 326 g/mol. The molecule has 4 N–H and O–H groups in total. The monoisotopic (exact) mass is 326 g/mol. The molecule has 0 unspecified atom stereocenters. The SMILES string of the molecule is Cc1n[nH]c2nc(-c3cccc(N)c3)c3c(F)cc(O)c(F)c3c12. The molecule has 0 radical (unpaired) electrons. The zero-order valence-electron chi connectivity index (χ0n) is 12.6. The van der Waals surface area contributed by atoms with Crippen molar-refractivity contribution < 1.29 is 13.9 Å². The Bertz CT molecular complexity index is 1120. The standard InChI is InChI=1S/C17H12F2N4O/c1-7-12-14-13(10(18)6-11(24)15(14)19)16(21-17(12)23-22-7)8-3-2-4-9(20)5-8/h2-6,24H,20H2,1H3,(H,21,22,23). The number of aromatic nitrogens is 3. The van der Waals surface area contributed by atoms with Crippen molar-refractivity contribution in [2.75, 3.05) is 5.73 Å². The van der Waals surface area contributed by atoms with Crippen molar-refractivity contribution in [1.82, 2.24) is 15.2 Å². The molecule has 5 nitrogen and oxygen atoms in total. The highest BCUT2D eigenvalue weighted by molar-refractivity contribution is 6.12. The third-order valence-electron chi connectivity index (χ3n) is 4.00. The Morgan fingerprint density at radius 3 is 2.67 bits per heavy atom. The van der Waals surface area contributed by atoms with Gasteiger partial charge in [0.15, 0.2) is 17.2 Å². The van der Waals surface area contributed by atoms with Gasteiger partial charge in [0.05, 0.1) is 16.8 Å². The minimum atomic E-state index is -0.909. The van der Waals surface area contributed by atoms with Crippen LogP contribution in [0.5, 0.6) is 5.75 Å². The third-order valence-corrected chi connectivity index (χ3v) is 4.00. The second-order valence-electron chi connectivity index (χ2n) is 5.56. The van der Waals surface area contributed by atoms with Crippen LogP contribution in [0.3, 0.4) is 0 Å². The molecule has 0 fully saturated rings. The first kappa shape index (κ1) is 14.4. The predicted molar refractivity (Wildman–Crippen MR) is 87.6 cm³/mol. The normalized spacial score (nSPS) is 11.5. The number of phenols is 1. The molecule has 0 saturated carbocycles. The number of nitrogens with two attached hydrogens (primary N) is 1. The van der Waals surface area contributed by atoms with Crippen molar-refractivity contribution in [2.24, 2.45) is 0 Å². The zero-order valence-corrected chi connectivity index (χ0v) is 12.6. The quantitative estimate of drug-likeness (QED) is 0.466. The van der Waals surface area contributed by atoms with E-state index < -0.39 is 17.4 Å². The number of aromatic hydroxyl groups is 1. The lowest BCUT2D eigenvalue weighted by molar-refractivity contribution is 0.431. The van der Waals surface area contributed by atoms with Crippen molar-refractivity contribution >= 4 is 27.5 Å². The van der Waals surface area contributed by atoms with E-state index >= 15 is 0 Å². The Hall–Kier alpha value is -3.22. The largest absolute Gasteiger partial charge is 0.505 e. The molecular formula is C17H12F2N4O. The van der Waals surface area contributed by atoms with Gasteiger partial charge in [-0.2, -0.15) is 5.10 Å². The summed E-state index contributed by atoms with van der Waals surface area (Å²) in [6, 6.07) is 7.47. The van der Waals surface area contributed by atoms with Crippen LogP contribution < -0.4 is 5.73 Å². The minimum absolute atomic E-state index is 0.0205. The molecule has 0 bridgehead atoms. The first-order valence-electron chi connectivity index (χ1n) is 7.18. The van der Waals surface area contributed by atoms with E-state index in [2.05, 4.69) is 15.2 Å². The Morgan fingerprint density at radius 1 is 1.12 bits per heavy atom. The number of halogens is 2. The summed E-state index contributed by atoms with van der Waals surface area (Å²) >= 11 is 0. The van der Waals surface area contributed by atoms with Crippen LogP contribution in [0.15, 0.2) is 30.3 Å². The van der Waals surface area contributed by atoms with Gasteiger partial charge < -0.3 is 10.8 Å². The first-order valence-corrected chi connectivity index (χ1v) is 7.18. The average Bonchev–Trinajstić information content (AvgIpc) is 2.92. The minimum Gasteiger partial charge on any atom is -0.505 e. The van der Waals surface area contributed by atoms with Crippen molar-refractivity contribution in [3.05, 3.63) is 47.7 Å². The van der Waals surface area contributed by atoms with Gasteiger partial charge in [-0.05, 0) is 19.1 Å². The number of hydrogen-bond acceptors (Lipinski definition) is 4. The number of nitrogen functional groups attached to an aromatic ring is 1. The Morgan fingerprint density at radius 2 is 1.92 bits per heavy atom. The second-order valence-corrected chi connectivity index (χ2v) is 5.56. The van der Waals surface area contributed by atoms with Gasteiger partial charge in [-0.3, -0.25) is 5.10 Å². The van der Waals surface area contributed by atoms with Crippen LogP contribution in [-0.4, -0.2) is 20.3 Å². The molecule has 0 spiro atoms. The maximum Gasteiger partial charge on any atom is 0.173 e. The highest BCUT2D eigenvalue weighted by Gasteiger charge is 2.22. The van der Waals surface area contributed by atoms with E-state index in [0.29, 0.717) is 28.0 Å². The fraction of sp³-hybridized carbons (Fsp3) is 0.0588. The number of anilines is 1. The van der Waals surface area contributed by atoms with Gasteiger partial charge in [-0.25, -0.2) is 13.8 Å². The number of phenolic OH excluding ortho intramolecular Hbond substituents is 1. The molecule has 0 atom stereocenters. The maximum atomic E-state index is 14.6. The summed E-state index contributed by atoms with van der Waals surface area (Å²) in [7, 11) is 0. The molecule has 24 heavy (non-hydrogen) atoms. The third kappa shape index (κ3) is 1.91. The summed E-state index contributed by atoms with van der Waals surface area (Å²) < 4.78 is 29.2. The number of pyridine rings is 1. The van der Waals surface area contributed by atoms with Gasteiger partial charge >= 0.3 is 0 Å². The number of H-pyrrole nitrogens is 1. The van der Waals surface area contributed by atoms with Crippen LogP contribution in [0.4, 0.5) is 14.5 Å². The summed E-state index contributed by atoms with van der Waals surface area (Å²) in [4.78, 5) is 4.41. The smallest absolute Gasteiger partial charge is 0.173 e. The van der Waals surface area contributed by atoms with Gasteiger partial charge in [0.2, 0.25) is 0 Å². The number of nitrogens with one attached hydrogen (secondary N) is 1. The van der Waals surface area contributed by atoms with E-state index in [1.807, 2.05) is 0 Å². The molecule has 0 saturated heterocycles. The van der Waals surface area contributed by atoms with Gasteiger partial charge in [-0.15, -0.1) is 0 Å². The second kappa shape index (κ2) is 4.89. The van der Waals surface area contributed by atoms with E-state index in [4.69, 9.17) is 5.73 Å². The Balaban J connectivity index is 2.28. The molecule has 4 aromatic rings. The molecule has 120 valence electrons. The molecule has 4 rings (SSSR count). The molecule has 0 aliphatic rings. The number of rotatable bonds is 1. The Kier molecular flexibility index (Phi) is 2.93. The number of hydrogen-bond donors (Lipinski definition) is 3. The summed E-state index contributed by atoms with van der Waals surface area (Å²) in [5.74, 6) is -2.43. The number of fused-ring (bicyclic) bond motifs is 3. The molecule has 0 amide bonds. The molecule has 7 heteroatoms. The van der Waals surface area contributed by atoms with E-state index in [9.17, 15) is 13.9 Å². The summed E-state index contributed by atoms with van der Waals surface area (Å²) in [5, 5.41) is 16.7. The predicted octanol–water partition coefficient (Wildman–Crippen LogP) is 3.65. The summed E-state index contributed by atoms with van der Waals surface area (Å²) in [5.41, 5.74) is 7.80. The van der Waals surface area contributed by atoms with Crippen LogP contribution in [0.2, 0.25) is 0 Å². The van der Waals surface area contributed by atoms with Gasteiger partial charge in [0.25, 0.3) is 0 Å². The van der Waals surface area contributed by atoms with Crippen LogP contribution in [0, 0.1) is 18.6 Å². The summed E-state index contributed by atoms with van der Waals surface area (Å²) in [6.45, 7) is 1.65. The van der Waals surface area contributed by atoms with Crippen LogP contribution in [0.1, 0.15) is 5.69 Å². The van der Waals surface area contributed by atoms with Gasteiger partial charge in [-0.1, -0.05) is 12.1 Å². The van der Waals surface area contributed by atoms with E-state index in [1.165, 1.54) is 0 Å². The lowest BCUT2D eigenvalue weighted by atomic mass is 9.99. The van der Waals surface area contributed by atoms with Gasteiger partial charge in [0.1, 0.15) is 5.82 Å². The number of aromatic amines is 1. The molecule has 2 aromatic heterocycles. The number of benzene rings is 2. The van der Waals surface area contributed by atoms with Crippen molar-refractivity contribution in [2.45, 2.75) is 6.92 Å². The number of aryl methyl sites for hydroxylation is 1.